The number of Topliss-reactive ketones (excluding diaryl/α,β-unsaturated/α-hetero) is 1. The third-order valence-electron chi connectivity index (χ3n) is 2.43. The SMILES string of the molecule is CCCNC(=O)C(C)Nc1nc(C(=O)O)c(C(C)=O)s1. The highest BCUT2D eigenvalue weighted by Crippen LogP contribution is 2.24. The molecule has 20 heavy (non-hydrogen) atoms. The van der Waals surface area contributed by atoms with Gasteiger partial charge in [-0.1, -0.05) is 18.3 Å². The molecular formula is C12H17N3O4S. The molecule has 0 saturated heterocycles. The van der Waals surface area contributed by atoms with Gasteiger partial charge in [-0.2, -0.15) is 0 Å². The lowest BCUT2D eigenvalue weighted by Gasteiger charge is -2.12. The quantitative estimate of drug-likeness (QED) is 0.656. The van der Waals surface area contributed by atoms with Crippen molar-refractivity contribution in [1.29, 1.82) is 0 Å². The van der Waals surface area contributed by atoms with Gasteiger partial charge in [-0.15, -0.1) is 0 Å². The van der Waals surface area contributed by atoms with E-state index >= 15 is 0 Å². The largest absolute Gasteiger partial charge is 0.476 e. The van der Waals surface area contributed by atoms with Crippen LogP contribution in [0.4, 0.5) is 5.13 Å². The molecule has 8 heteroatoms. The van der Waals surface area contributed by atoms with Crippen LogP contribution in [0.15, 0.2) is 0 Å². The highest BCUT2D eigenvalue weighted by atomic mass is 32.1. The minimum absolute atomic E-state index is 0.0705. The van der Waals surface area contributed by atoms with Crippen LogP contribution in [0.25, 0.3) is 0 Å². The standard InChI is InChI=1S/C12H17N3O4S/c1-4-5-13-10(17)6(2)14-12-15-8(11(18)19)9(20-12)7(3)16/h6H,4-5H2,1-3H3,(H,13,17)(H,14,15)(H,18,19). The van der Waals surface area contributed by atoms with Crippen LogP contribution < -0.4 is 10.6 Å². The number of nitrogens with zero attached hydrogens (tertiary/aromatic N) is 1. The van der Waals surface area contributed by atoms with Gasteiger partial charge >= 0.3 is 5.97 Å². The van der Waals surface area contributed by atoms with Crippen LogP contribution >= 0.6 is 11.3 Å². The lowest BCUT2D eigenvalue weighted by molar-refractivity contribution is -0.121. The Balaban J connectivity index is 2.83. The van der Waals surface area contributed by atoms with Gasteiger partial charge in [-0.25, -0.2) is 9.78 Å². The molecule has 1 aromatic heterocycles. The van der Waals surface area contributed by atoms with Gasteiger partial charge in [-0.05, 0) is 13.3 Å². The number of amides is 1. The maximum absolute atomic E-state index is 11.7. The molecule has 1 amide bonds. The third-order valence-corrected chi connectivity index (χ3v) is 3.52. The van der Waals surface area contributed by atoms with Crippen molar-refractivity contribution in [3.63, 3.8) is 0 Å². The first kappa shape index (κ1) is 16.1. The summed E-state index contributed by atoms with van der Waals surface area (Å²) in [5.74, 6) is -1.83. The average Bonchev–Trinajstić information content (AvgIpc) is 2.80. The van der Waals surface area contributed by atoms with Gasteiger partial charge in [0, 0.05) is 13.5 Å². The average molecular weight is 299 g/mol. The summed E-state index contributed by atoms with van der Waals surface area (Å²) in [7, 11) is 0. The van der Waals surface area contributed by atoms with Crippen LogP contribution in [0.5, 0.6) is 0 Å². The molecule has 1 atom stereocenters. The molecule has 0 fully saturated rings. The first-order valence-corrected chi connectivity index (χ1v) is 6.97. The van der Waals surface area contributed by atoms with E-state index < -0.39 is 12.0 Å². The Kier molecular flexibility index (Phi) is 5.63. The van der Waals surface area contributed by atoms with Crippen molar-refractivity contribution in [3.05, 3.63) is 10.6 Å². The molecule has 110 valence electrons. The number of anilines is 1. The lowest BCUT2D eigenvalue weighted by Crippen LogP contribution is -2.37. The monoisotopic (exact) mass is 299 g/mol. The smallest absolute Gasteiger partial charge is 0.356 e. The third kappa shape index (κ3) is 4.02. The van der Waals surface area contributed by atoms with Crippen molar-refractivity contribution in [3.8, 4) is 0 Å². The summed E-state index contributed by atoms with van der Waals surface area (Å²) >= 11 is 0.933. The van der Waals surface area contributed by atoms with Crippen molar-refractivity contribution in [2.75, 3.05) is 11.9 Å². The van der Waals surface area contributed by atoms with Gasteiger partial charge in [0.1, 0.15) is 10.9 Å². The van der Waals surface area contributed by atoms with E-state index in [1.807, 2.05) is 6.92 Å². The van der Waals surface area contributed by atoms with Gasteiger partial charge in [0.15, 0.2) is 16.6 Å². The summed E-state index contributed by atoms with van der Waals surface area (Å²) in [6, 6.07) is -0.561. The van der Waals surface area contributed by atoms with E-state index in [0.717, 1.165) is 17.8 Å². The number of carbonyl (C=O) groups is 3. The lowest BCUT2D eigenvalue weighted by atomic mass is 10.3. The molecule has 7 nitrogen and oxygen atoms in total. The summed E-state index contributed by atoms with van der Waals surface area (Å²) in [6.45, 7) is 5.43. The van der Waals surface area contributed by atoms with Gasteiger partial charge in [0.25, 0.3) is 0 Å². The van der Waals surface area contributed by atoms with E-state index in [9.17, 15) is 14.4 Å². The number of thiazole rings is 1. The Hall–Kier alpha value is -1.96. The normalized spacial score (nSPS) is 11.8. The number of hydrogen-bond acceptors (Lipinski definition) is 6. The Bertz CT molecular complexity index is 495. The van der Waals surface area contributed by atoms with Crippen LogP contribution in [0, 0.1) is 0 Å². The molecule has 0 bridgehead atoms. The van der Waals surface area contributed by atoms with Crippen molar-refractivity contribution < 1.29 is 19.5 Å². The number of aromatic carboxylic acids is 1. The van der Waals surface area contributed by atoms with Crippen LogP contribution in [0.3, 0.4) is 0 Å². The van der Waals surface area contributed by atoms with E-state index in [1.54, 1.807) is 6.92 Å². The molecular weight excluding hydrogens is 282 g/mol. The maximum Gasteiger partial charge on any atom is 0.356 e. The van der Waals surface area contributed by atoms with Gasteiger partial charge < -0.3 is 15.7 Å². The molecule has 1 unspecified atom stereocenters. The fourth-order valence-electron chi connectivity index (χ4n) is 1.42. The molecule has 0 aliphatic rings. The number of hydrogen-bond donors (Lipinski definition) is 3. The molecule has 1 heterocycles. The van der Waals surface area contributed by atoms with E-state index in [-0.39, 0.29) is 27.4 Å². The number of ketones is 1. The molecule has 0 saturated carbocycles. The molecule has 0 spiro atoms. The van der Waals surface area contributed by atoms with Crippen molar-refractivity contribution >= 4 is 34.1 Å². The fraction of sp³-hybridized carbons (Fsp3) is 0.500. The van der Waals surface area contributed by atoms with Gasteiger partial charge in [0.2, 0.25) is 5.91 Å². The number of carboxylic acids is 1. The zero-order chi connectivity index (χ0) is 15.3. The number of carbonyl (C=O) groups excluding carboxylic acids is 2. The molecule has 1 rings (SSSR count). The summed E-state index contributed by atoms with van der Waals surface area (Å²) < 4.78 is 0. The summed E-state index contributed by atoms with van der Waals surface area (Å²) in [5, 5.41) is 14.7. The Morgan fingerprint density at radius 3 is 2.50 bits per heavy atom. The minimum atomic E-state index is -1.26. The summed E-state index contributed by atoms with van der Waals surface area (Å²) in [6.07, 6.45) is 0.827. The second-order valence-electron chi connectivity index (χ2n) is 4.22. The zero-order valence-corrected chi connectivity index (χ0v) is 12.3. The molecule has 1 aromatic rings. The Labute approximate surface area is 120 Å². The molecule has 0 aromatic carbocycles. The maximum atomic E-state index is 11.7. The van der Waals surface area contributed by atoms with Crippen molar-refractivity contribution in [1.82, 2.24) is 10.3 Å². The van der Waals surface area contributed by atoms with E-state index in [1.165, 1.54) is 6.92 Å². The molecule has 0 radical (unpaired) electrons. The fourth-order valence-corrected chi connectivity index (χ4v) is 2.36. The Morgan fingerprint density at radius 1 is 1.40 bits per heavy atom. The van der Waals surface area contributed by atoms with Crippen LogP contribution in [0.2, 0.25) is 0 Å². The van der Waals surface area contributed by atoms with Gasteiger partial charge in [0.05, 0.1) is 0 Å². The molecule has 3 N–H and O–H groups in total. The summed E-state index contributed by atoms with van der Waals surface area (Å²) in [5.41, 5.74) is -0.286. The number of nitrogens with one attached hydrogen (secondary N) is 2. The van der Waals surface area contributed by atoms with Gasteiger partial charge in [-0.3, -0.25) is 9.59 Å². The Morgan fingerprint density at radius 2 is 2.05 bits per heavy atom. The highest BCUT2D eigenvalue weighted by Gasteiger charge is 2.22. The van der Waals surface area contributed by atoms with Crippen molar-refractivity contribution in [2.24, 2.45) is 0 Å². The summed E-state index contributed by atoms with van der Waals surface area (Å²) in [4.78, 5) is 37.9. The van der Waals surface area contributed by atoms with Crippen LogP contribution in [-0.2, 0) is 4.79 Å². The van der Waals surface area contributed by atoms with Crippen molar-refractivity contribution in [2.45, 2.75) is 33.2 Å². The first-order valence-electron chi connectivity index (χ1n) is 6.16. The first-order chi connectivity index (χ1) is 9.36. The zero-order valence-electron chi connectivity index (χ0n) is 11.5. The predicted molar refractivity (Wildman–Crippen MR) is 75.5 cm³/mol. The minimum Gasteiger partial charge on any atom is -0.476 e. The molecule has 0 aliphatic carbocycles. The van der Waals surface area contributed by atoms with E-state index in [4.69, 9.17) is 5.11 Å². The number of carboxylic acid groups (broad SMARTS) is 1. The van der Waals surface area contributed by atoms with Crippen LogP contribution in [0.1, 0.15) is 47.4 Å². The topological polar surface area (TPSA) is 108 Å². The second-order valence-corrected chi connectivity index (χ2v) is 5.21. The number of rotatable bonds is 7. The second kappa shape index (κ2) is 6.99. The van der Waals surface area contributed by atoms with Crippen LogP contribution in [-0.4, -0.2) is 40.3 Å². The molecule has 0 aliphatic heterocycles. The predicted octanol–water partition coefficient (Wildman–Crippen LogP) is 1.37. The highest BCUT2D eigenvalue weighted by molar-refractivity contribution is 7.17. The van der Waals surface area contributed by atoms with E-state index in [2.05, 4.69) is 15.6 Å². The number of aromatic nitrogens is 1. The van der Waals surface area contributed by atoms with E-state index in [0.29, 0.717) is 6.54 Å².